The fourth-order valence-corrected chi connectivity index (χ4v) is 2.38. The molecule has 0 aliphatic rings. The molecule has 1 N–H and O–H groups in total. The Morgan fingerprint density at radius 1 is 1.08 bits per heavy atom. The fraction of sp³-hybridized carbons (Fsp3) is 0.316. The molecule has 0 bridgehead atoms. The van der Waals surface area contributed by atoms with E-state index in [0.717, 1.165) is 5.56 Å². The van der Waals surface area contributed by atoms with Crippen LogP contribution in [0.4, 0.5) is 8.78 Å². The monoisotopic (exact) mass is 362 g/mol. The molecule has 0 saturated carbocycles. The summed E-state index contributed by atoms with van der Waals surface area (Å²) in [7, 11) is 1.84. The second kappa shape index (κ2) is 9.70. The Balaban J connectivity index is 1.75. The van der Waals surface area contributed by atoms with Crippen molar-refractivity contribution in [2.45, 2.75) is 19.3 Å². The van der Waals surface area contributed by atoms with Gasteiger partial charge in [-0.3, -0.25) is 4.90 Å². The first-order valence-corrected chi connectivity index (χ1v) is 7.99. The van der Waals surface area contributed by atoms with Gasteiger partial charge in [0.15, 0.2) is 0 Å². The van der Waals surface area contributed by atoms with Crippen molar-refractivity contribution in [1.29, 1.82) is 5.26 Å². The minimum absolute atomic E-state index is 0.113. The summed E-state index contributed by atoms with van der Waals surface area (Å²) in [5, 5.41) is 18.8. The summed E-state index contributed by atoms with van der Waals surface area (Å²) in [5.74, 6) is 0.697. The van der Waals surface area contributed by atoms with Crippen molar-refractivity contribution in [3.8, 4) is 17.6 Å². The number of hydrogen-bond donors (Lipinski definition) is 1. The average Bonchev–Trinajstić information content (AvgIpc) is 2.61. The van der Waals surface area contributed by atoms with E-state index < -0.39 is 12.7 Å². The van der Waals surface area contributed by atoms with Gasteiger partial charge in [-0.1, -0.05) is 12.1 Å². The van der Waals surface area contributed by atoms with Crippen molar-refractivity contribution in [1.82, 2.24) is 4.90 Å². The van der Waals surface area contributed by atoms with Crippen LogP contribution >= 0.6 is 0 Å². The molecular weight excluding hydrogens is 342 g/mol. The van der Waals surface area contributed by atoms with Gasteiger partial charge in [-0.15, -0.1) is 0 Å². The van der Waals surface area contributed by atoms with Gasteiger partial charge in [-0.2, -0.15) is 14.0 Å². The van der Waals surface area contributed by atoms with Gasteiger partial charge in [0.2, 0.25) is 0 Å². The molecule has 0 spiro atoms. The molecule has 2 aromatic carbocycles. The number of hydrogen-bond acceptors (Lipinski definition) is 5. The molecule has 2 rings (SSSR count). The maximum atomic E-state index is 12.1. The second-order valence-electron chi connectivity index (χ2n) is 5.82. The third kappa shape index (κ3) is 6.67. The Morgan fingerprint density at radius 2 is 1.69 bits per heavy atom. The van der Waals surface area contributed by atoms with E-state index in [4.69, 9.17) is 10.00 Å². The van der Waals surface area contributed by atoms with Crippen LogP contribution in [0, 0.1) is 11.3 Å². The number of halogens is 2. The molecule has 2 aromatic rings. The van der Waals surface area contributed by atoms with Gasteiger partial charge >= 0.3 is 6.61 Å². The smallest absolute Gasteiger partial charge is 0.387 e. The highest BCUT2D eigenvalue weighted by molar-refractivity contribution is 5.34. The SMILES string of the molecule is CN(Cc1ccc(OC(F)F)cc1)CC(O)COc1ccc(C#N)cc1. The van der Waals surface area contributed by atoms with Crippen molar-refractivity contribution in [3.05, 3.63) is 59.7 Å². The van der Waals surface area contributed by atoms with Gasteiger partial charge in [0.05, 0.1) is 11.6 Å². The second-order valence-corrected chi connectivity index (χ2v) is 5.82. The molecular formula is C19H20F2N2O3. The largest absolute Gasteiger partial charge is 0.491 e. The molecule has 1 unspecified atom stereocenters. The summed E-state index contributed by atoms with van der Waals surface area (Å²) in [5.41, 5.74) is 1.46. The summed E-state index contributed by atoms with van der Waals surface area (Å²) in [4.78, 5) is 1.90. The molecule has 7 heteroatoms. The number of rotatable bonds is 9. The number of likely N-dealkylation sites (N-methyl/N-ethyl adjacent to an activating group) is 1. The number of nitriles is 1. The maximum Gasteiger partial charge on any atom is 0.387 e. The van der Waals surface area contributed by atoms with Crippen LogP contribution in [0.15, 0.2) is 48.5 Å². The van der Waals surface area contributed by atoms with E-state index in [9.17, 15) is 13.9 Å². The van der Waals surface area contributed by atoms with Crippen LogP contribution < -0.4 is 9.47 Å². The summed E-state index contributed by atoms with van der Waals surface area (Å²) in [6, 6.07) is 15.1. The minimum Gasteiger partial charge on any atom is -0.491 e. The fourth-order valence-electron chi connectivity index (χ4n) is 2.38. The zero-order valence-corrected chi connectivity index (χ0v) is 14.3. The molecule has 138 valence electrons. The third-order valence-corrected chi connectivity index (χ3v) is 3.55. The number of nitrogens with zero attached hydrogens (tertiary/aromatic N) is 2. The molecule has 0 aliphatic carbocycles. The lowest BCUT2D eigenvalue weighted by atomic mass is 10.2. The van der Waals surface area contributed by atoms with Crippen molar-refractivity contribution in [3.63, 3.8) is 0 Å². The number of ether oxygens (including phenoxy) is 2. The molecule has 1 atom stereocenters. The summed E-state index contributed by atoms with van der Waals surface area (Å²) < 4.78 is 34.1. The molecule has 0 aliphatic heterocycles. The standard InChI is InChI=1S/C19H20F2N2O3/c1-23(11-15-4-8-18(9-5-15)26-19(20)21)12-16(24)13-25-17-6-2-14(10-22)3-7-17/h2-9,16,19,24H,11-13H2,1H3. The predicted molar refractivity (Wildman–Crippen MR) is 92.1 cm³/mol. The first kappa shape index (κ1) is 19.6. The van der Waals surface area contributed by atoms with Gasteiger partial charge in [-0.05, 0) is 49.0 Å². The Bertz CT molecular complexity index is 715. The van der Waals surface area contributed by atoms with Crippen LogP contribution in [0.1, 0.15) is 11.1 Å². The molecule has 0 amide bonds. The van der Waals surface area contributed by atoms with Crippen LogP contribution in [0.25, 0.3) is 0 Å². The van der Waals surface area contributed by atoms with Crippen molar-refractivity contribution in [2.75, 3.05) is 20.2 Å². The van der Waals surface area contributed by atoms with Crippen LogP contribution in [-0.4, -0.2) is 42.9 Å². The first-order chi connectivity index (χ1) is 12.5. The molecule has 0 saturated heterocycles. The predicted octanol–water partition coefficient (Wildman–Crippen LogP) is 3.03. The minimum atomic E-state index is -2.84. The van der Waals surface area contributed by atoms with Gasteiger partial charge in [0.25, 0.3) is 0 Å². The van der Waals surface area contributed by atoms with E-state index >= 15 is 0 Å². The molecule has 0 radical (unpaired) electrons. The Morgan fingerprint density at radius 3 is 2.27 bits per heavy atom. The summed E-state index contributed by atoms with van der Waals surface area (Å²) >= 11 is 0. The molecule has 0 heterocycles. The van der Waals surface area contributed by atoms with Crippen molar-refractivity contribution in [2.24, 2.45) is 0 Å². The van der Waals surface area contributed by atoms with Gasteiger partial charge in [0, 0.05) is 13.1 Å². The van der Waals surface area contributed by atoms with E-state index in [0.29, 0.717) is 24.4 Å². The summed E-state index contributed by atoms with van der Waals surface area (Å²) in [6.07, 6.45) is -0.697. The van der Waals surface area contributed by atoms with Gasteiger partial charge in [-0.25, -0.2) is 0 Å². The van der Waals surface area contributed by atoms with Crippen LogP contribution in [-0.2, 0) is 6.54 Å². The van der Waals surface area contributed by atoms with Crippen molar-refractivity contribution < 1.29 is 23.4 Å². The normalized spacial score (nSPS) is 12.0. The van der Waals surface area contributed by atoms with Crippen LogP contribution in [0.5, 0.6) is 11.5 Å². The molecule has 0 fully saturated rings. The first-order valence-electron chi connectivity index (χ1n) is 7.99. The lowest BCUT2D eigenvalue weighted by Crippen LogP contribution is -2.32. The number of benzene rings is 2. The van der Waals surface area contributed by atoms with Crippen LogP contribution in [0.3, 0.4) is 0 Å². The zero-order chi connectivity index (χ0) is 18.9. The topological polar surface area (TPSA) is 65.7 Å². The maximum absolute atomic E-state index is 12.1. The Kier molecular flexibility index (Phi) is 7.33. The third-order valence-electron chi connectivity index (χ3n) is 3.55. The van der Waals surface area contributed by atoms with Crippen molar-refractivity contribution >= 4 is 0 Å². The lowest BCUT2D eigenvalue weighted by Gasteiger charge is -2.21. The summed E-state index contributed by atoms with van der Waals surface area (Å²) in [6.45, 7) is -1.79. The molecule has 0 aromatic heterocycles. The van der Waals surface area contributed by atoms with Gasteiger partial charge in [0.1, 0.15) is 24.2 Å². The van der Waals surface area contributed by atoms with E-state index in [2.05, 4.69) is 4.74 Å². The molecule has 5 nitrogen and oxygen atoms in total. The van der Waals surface area contributed by atoms with E-state index in [-0.39, 0.29) is 12.4 Å². The number of aliphatic hydroxyl groups excluding tert-OH is 1. The van der Waals surface area contributed by atoms with E-state index in [1.807, 2.05) is 18.0 Å². The quantitative estimate of drug-likeness (QED) is 0.743. The highest BCUT2D eigenvalue weighted by Crippen LogP contribution is 2.16. The average molecular weight is 362 g/mol. The number of aliphatic hydroxyl groups is 1. The van der Waals surface area contributed by atoms with E-state index in [1.165, 1.54) is 12.1 Å². The number of alkyl halides is 2. The highest BCUT2D eigenvalue weighted by Gasteiger charge is 2.10. The highest BCUT2D eigenvalue weighted by atomic mass is 19.3. The Labute approximate surface area is 151 Å². The molecule has 26 heavy (non-hydrogen) atoms. The Hall–Kier alpha value is -2.69. The van der Waals surface area contributed by atoms with Crippen LogP contribution in [0.2, 0.25) is 0 Å². The zero-order valence-electron chi connectivity index (χ0n) is 14.3. The van der Waals surface area contributed by atoms with E-state index in [1.54, 1.807) is 36.4 Å². The lowest BCUT2D eigenvalue weighted by molar-refractivity contribution is -0.0498. The van der Waals surface area contributed by atoms with Gasteiger partial charge < -0.3 is 14.6 Å².